The van der Waals surface area contributed by atoms with E-state index < -0.39 is 0 Å². The molecule has 1 saturated heterocycles. The molecule has 6 rings (SSSR count). The molecule has 2 aliphatic heterocycles. The number of carbonyl (C=O) groups excluding carboxylic acids is 1. The van der Waals surface area contributed by atoms with Gasteiger partial charge in [-0.1, -0.05) is 42.5 Å². The second-order valence-corrected chi connectivity index (χ2v) is 9.50. The zero-order valence-corrected chi connectivity index (χ0v) is 20.8. The Morgan fingerprint density at radius 3 is 2.59 bits per heavy atom. The molecular weight excluding hydrogens is 466 g/mol. The van der Waals surface area contributed by atoms with E-state index in [1.807, 2.05) is 39.8 Å². The van der Waals surface area contributed by atoms with E-state index in [1.165, 1.54) is 11.1 Å². The number of carbonyl (C=O) groups is 1. The van der Waals surface area contributed by atoms with Crippen LogP contribution in [0.15, 0.2) is 60.9 Å². The number of benzene rings is 2. The lowest BCUT2D eigenvalue weighted by Gasteiger charge is -2.29. The molecule has 0 spiro atoms. The summed E-state index contributed by atoms with van der Waals surface area (Å²) < 4.78 is 7.89. The van der Waals surface area contributed by atoms with Crippen molar-refractivity contribution in [2.24, 2.45) is 0 Å². The standard InChI is InChI=1S/C28H31N7O2/c36-24-11-6-14-33(24)16-17-35-20-30-25-26(29-13-18-37-23-9-2-1-3-10-23)31-28(32-27(25)35)34-15-12-21-7-4-5-8-22(21)19-34/h1-5,7-10,20H,6,11-19H2,(H,29,31,32). The van der Waals surface area contributed by atoms with E-state index in [4.69, 9.17) is 14.7 Å². The van der Waals surface area contributed by atoms with Gasteiger partial charge in [-0.25, -0.2) is 4.98 Å². The molecule has 1 amide bonds. The van der Waals surface area contributed by atoms with Gasteiger partial charge in [0.1, 0.15) is 12.4 Å². The molecule has 2 aromatic heterocycles. The maximum atomic E-state index is 12.1. The molecule has 0 saturated carbocycles. The predicted molar refractivity (Wildman–Crippen MR) is 143 cm³/mol. The average molecular weight is 498 g/mol. The monoisotopic (exact) mass is 497 g/mol. The number of anilines is 2. The molecule has 37 heavy (non-hydrogen) atoms. The maximum absolute atomic E-state index is 12.1. The van der Waals surface area contributed by atoms with Gasteiger partial charge in [-0.05, 0) is 36.1 Å². The Morgan fingerprint density at radius 1 is 0.919 bits per heavy atom. The molecule has 9 nitrogen and oxygen atoms in total. The molecular formula is C28H31N7O2. The molecule has 1 N–H and O–H groups in total. The van der Waals surface area contributed by atoms with Gasteiger partial charge in [0.05, 0.1) is 12.9 Å². The van der Waals surface area contributed by atoms with E-state index in [0.29, 0.717) is 44.4 Å². The number of rotatable bonds is 9. The highest BCUT2D eigenvalue weighted by molar-refractivity contribution is 5.84. The van der Waals surface area contributed by atoms with Gasteiger partial charge in [0.2, 0.25) is 11.9 Å². The summed E-state index contributed by atoms with van der Waals surface area (Å²) in [6.07, 6.45) is 4.35. The number of hydrogen-bond acceptors (Lipinski definition) is 7. The molecule has 4 heterocycles. The number of ether oxygens (including phenoxy) is 1. The van der Waals surface area contributed by atoms with Crippen LogP contribution < -0.4 is 15.0 Å². The second-order valence-electron chi connectivity index (χ2n) is 9.50. The van der Waals surface area contributed by atoms with E-state index >= 15 is 0 Å². The van der Waals surface area contributed by atoms with Gasteiger partial charge in [-0.15, -0.1) is 0 Å². The van der Waals surface area contributed by atoms with Gasteiger partial charge in [-0.2, -0.15) is 9.97 Å². The van der Waals surface area contributed by atoms with Crippen LogP contribution >= 0.6 is 0 Å². The Kier molecular flexibility index (Phi) is 6.58. The third kappa shape index (κ3) is 5.07. The number of hydrogen-bond donors (Lipinski definition) is 1. The van der Waals surface area contributed by atoms with Crippen LogP contribution in [0.2, 0.25) is 0 Å². The van der Waals surface area contributed by atoms with Gasteiger partial charge in [0.15, 0.2) is 17.0 Å². The number of amides is 1. The van der Waals surface area contributed by atoms with Crippen LogP contribution in [0, 0.1) is 0 Å². The summed E-state index contributed by atoms with van der Waals surface area (Å²) >= 11 is 0. The highest BCUT2D eigenvalue weighted by Gasteiger charge is 2.23. The van der Waals surface area contributed by atoms with Crippen LogP contribution in [0.3, 0.4) is 0 Å². The zero-order chi connectivity index (χ0) is 25.0. The summed E-state index contributed by atoms with van der Waals surface area (Å²) in [6, 6.07) is 18.3. The van der Waals surface area contributed by atoms with Crippen LogP contribution in [0.4, 0.5) is 11.8 Å². The quantitative estimate of drug-likeness (QED) is 0.354. The van der Waals surface area contributed by atoms with Gasteiger partial charge >= 0.3 is 0 Å². The van der Waals surface area contributed by atoms with Crippen LogP contribution in [0.25, 0.3) is 11.2 Å². The summed E-state index contributed by atoms with van der Waals surface area (Å²) in [7, 11) is 0. The fourth-order valence-corrected chi connectivity index (χ4v) is 5.05. The van der Waals surface area contributed by atoms with Crippen LogP contribution in [-0.2, 0) is 24.3 Å². The van der Waals surface area contributed by atoms with Crippen molar-refractivity contribution in [1.29, 1.82) is 0 Å². The third-order valence-corrected chi connectivity index (χ3v) is 7.05. The number of para-hydroxylation sites is 1. The predicted octanol–water partition coefficient (Wildman–Crippen LogP) is 3.50. The number of nitrogens with one attached hydrogen (secondary N) is 1. The van der Waals surface area contributed by atoms with E-state index in [2.05, 4.69) is 39.5 Å². The van der Waals surface area contributed by atoms with Crippen molar-refractivity contribution >= 4 is 28.8 Å². The third-order valence-electron chi connectivity index (χ3n) is 7.05. The van der Waals surface area contributed by atoms with Crippen LogP contribution in [0.5, 0.6) is 5.75 Å². The Hall–Kier alpha value is -4.14. The van der Waals surface area contributed by atoms with Gasteiger partial charge in [-0.3, -0.25) is 4.79 Å². The van der Waals surface area contributed by atoms with Crippen molar-refractivity contribution in [3.05, 3.63) is 72.1 Å². The summed E-state index contributed by atoms with van der Waals surface area (Å²) in [4.78, 5) is 30.8. The molecule has 0 unspecified atom stereocenters. The van der Waals surface area contributed by atoms with Gasteiger partial charge in [0, 0.05) is 39.1 Å². The first-order valence-electron chi connectivity index (χ1n) is 13.0. The summed E-state index contributed by atoms with van der Waals surface area (Å²) in [6.45, 7) is 4.85. The van der Waals surface area contributed by atoms with Crippen LogP contribution in [0.1, 0.15) is 24.0 Å². The number of imidazole rings is 1. The fourth-order valence-electron chi connectivity index (χ4n) is 5.05. The van der Waals surface area contributed by atoms with E-state index in [1.54, 1.807) is 6.33 Å². The minimum Gasteiger partial charge on any atom is -0.492 e. The smallest absolute Gasteiger partial charge is 0.229 e. The molecule has 190 valence electrons. The average Bonchev–Trinajstić information content (AvgIpc) is 3.55. The first-order chi connectivity index (χ1) is 18.2. The molecule has 1 fully saturated rings. The van der Waals surface area contributed by atoms with Gasteiger partial charge in [0.25, 0.3) is 0 Å². The summed E-state index contributed by atoms with van der Waals surface area (Å²) in [5.74, 6) is 2.46. The van der Waals surface area contributed by atoms with Crippen molar-refractivity contribution < 1.29 is 9.53 Å². The van der Waals surface area contributed by atoms with E-state index in [9.17, 15) is 4.79 Å². The van der Waals surface area contributed by atoms with Crippen molar-refractivity contribution in [2.75, 3.05) is 43.0 Å². The lowest BCUT2D eigenvalue weighted by Crippen LogP contribution is -2.32. The SMILES string of the molecule is O=C1CCCN1CCn1cnc2c(NCCOc3ccccc3)nc(N3CCc4ccccc4C3)nc21. The molecule has 2 aromatic carbocycles. The Labute approximate surface area is 216 Å². The van der Waals surface area contributed by atoms with E-state index in [0.717, 1.165) is 49.4 Å². The highest BCUT2D eigenvalue weighted by Crippen LogP contribution is 2.27. The topological polar surface area (TPSA) is 88.4 Å². The first-order valence-corrected chi connectivity index (χ1v) is 13.0. The molecule has 0 aliphatic carbocycles. The summed E-state index contributed by atoms with van der Waals surface area (Å²) in [5, 5.41) is 3.43. The Bertz CT molecular complexity index is 1390. The lowest BCUT2D eigenvalue weighted by molar-refractivity contribution is -0.127. The Morgan fingerprint density at radius 2 is 1.76 bits per heavy atom. The molecule has 0 atom stereocenters. The fraction of sp³-hybridized carbons (Fsp3) is 0.357. The van der Waals surface area contributed by atoms with Crippen molar-refractivity contribution in [3.8, 4) is 5.75 Å². The highest BCUT2D eigenvalue weighted by atomic mass is 16.5. The molecule has 2 aliphatic rings. The molecule has 9 heteroatoms. The number of fused-ring (bicyclic) bond motifs is 2. The van der Waals surface area contributed by atoms with Gasteiger partial charge < -0.3 is 24.4 Å². The maximum Gasteiger partial charge on any atom is 0.229 e. The lowest BCUT2D eigenvalue weighted by atomic mass is 10.0. The Balaban J connectivity index is 1.24. The zero-order valence-electron chi connectivity index (χ0n) is 20.8. The minimum atomic E-state index is 0.229. The second kappa shape index (κ2) is 10.5. The van der Waals surface area contributed by atoms with Crippen molar-refractivity contribution in [1.82, 2.24) is 24.4 Å². The molecule has 0 bridgehead atoms. The van der Waals surface area contributed by atoms with E-state index in [-0.39, 0.29) is 5.91 Å². The number of nitrogens with zero attached hydrogens (tertiary/aromatic N) is 6. The van der Waals surface area contributed by atoms with Crippen molar-refractivity contribution in [2.45, 2.75) is 32.4 Å². The largest absolute Gasteiger partial charge is 0.492 e. The first kappa shape index (κ1) is 23.3. The number of likely N-dealkylation sites (tertiary alicyclic amines) is 1. The molecule has 4 aromatic rings. The number of aromatic nitrogens is 4. The molecule has 0 radical (unpaired) electrons. The summed E-state index contributed by atoms with van der Waals surface area (Å²) in [5.41, 5.74) is 4.21. The minimum absolute atomic E-state index is 0.229. The normalized spacial score (nSPS) is 15.3. The van der Waals surface area contributed by atoms with Crippen LogP contribution in [-0.4, -0.2) is 63.1 Å². The van der Waals surface area contributed by atoms with Crippen molar-refractivity contribution in [3.63, 3.8) is 0 Å².